The third-order valence-electron chi connectivity index (χ3n) is 6.10. The number of halogens is 7. The second-order valence-corrected chi connectivity index (χ2v) is 11.0. The van der Waals surface area contributed by atoms with Crippen LogP contribution < -0.4 is 26.4 Å². The summed E-state index contributed by atoms with van der Waals surface area (Å²) in [6, 6.07) is 10.9. The normalized spacial score (nSPS) is 10.6. The summed E-state index contributed by atoms with van der Waals surface area (Å²) < 4.78 is 83.7. The van der Waals surface area contributed by atoms with E-state index < -0.39 is 32.2 Å². The number of pyridine rings is 2. The Labute approximate surface area is 278 Å². The van der Waals surface area contributed by atoms with Crippen LogP contribution in [0.5, 0.6) is 11.5 Å². The van der Waals surface area contributed by atoms with Crippen LogP contribution in [0.1, 0.15) is 58.1 Å². The molecule has 8 nitrogen and oxygen atoms in total. The number of alkyl halides is 4. The van der Waals surface area contributed by atoms with E-state index in [9.17, 15) is 26.3 Å². The molecule has 0 atom stereocenters. The van der Waals surface area contributed by atoms with Gasteiger partial charge < -0.3 is 31.0 Å². The molecule has 0 unspecified atom stereocenters. The lowest BCUT2D eigenvalue weighted by Crippen LogP contribution is -2.30. The highest BCUT2D eigenvalue weighted by Gasteiger charge is 2.16. The minimum atomic E-state index is -2.93. The molecule has 2 aromatic heterocycles. The van der Waals surface area contributed by atoms with Crippen LogP contribution in [0.4, 0.5) is 37.7 Å². The van der Waals surface area contributed by atoms with Gasteiger partial charge in [-0.1, -0.05) is 35.1 Å². The first kappa shape index (κ1) is 41.0. The molecule has 0 saturated carbocycles. The highest BCUT2D eigenvalue weighted by atomic mass is 79.9. The van der Waals surface area contributed by atoms with E-state index in [0.717, 1.165) is 11.6 Å². The third-order valence-corrected chi connectivity index (χ3v) is 6.76. The van der Waals surface area contributed by atoms with Gasteiger partial charge in [-0.05, 0) is 92.4 Å². The number of nitrogen functional groups attached to an aromatic ring is 2. The highest BCUT2D eigenvalue weighted by molar-refractivity contribution is 9.10. The second-order valence-electron chi connectivity index (χ2n) is 10.1. The van der Waals surface area contributed by atoms with Crippen molar-refractivity contribution in [3.8, 4) is 22.6 Å². The van der Waals surface area contributed by atoms with Crippen molar-refractivity contribution >= 4 is 39.9 Å². The third kappa shape index (κ3) is 13.0. The lowest BCUT2D eigenvalue weighted by atomic mass is 9.81. The van der Waals surface area contributed by atoms with Crippen molar-refractivity contribution < 1.29 is 45.9 Å². The summed E-state index contributed by atoms with van der Waals surface area (Å²) >= 11 is 3.21. The molecule has 4 aromatic rings. The van der Waals surface area contributed by atoms with E-state index in [2.05, 4.69) is 35.4 Å². The molecular formula is C31H36BBrF6N4O4. The van der Waals surface area contributed by atoms with Crippen LogP contribution in [0, 0.1) is 11.9 Å². The van der Waals surface area contributed by atoms with Crippen LogP contribution in [0.15, 0.2) is 65.4 Å². The Morgan fingerprint density at radius 3 is 1.62 bits per heavy atom. The SMILES string of the molecule is C.CC(C)c1cc(OC(F)F)cc(-c2ccnc(F)c2)c1N.CC(C)c1cc(OC(F)F)cc(Br)c1N.OB(O)c1ccnc(F)c1. The fourth-order valence-electron chi connectivity index (χ4n) is 3.95. The fourth-order valence-corrected chi connectivity index (χ4v) is 4.40. The number of anilines is 2. The number of ether oxygens (including phenoxy) is 2. The minimum Gasteiger partial charge on any atom is -0.435 e. The maximum absolute atomic E-state index is 13.3. The Kier molecular flexibility index (Phi) is 16.5. The molecule has 0 bridgehead atoms. The molecule has 0 aliphatic carbocycles. The lowest BCUT2D eigenvalue weighted by Gasteiger charge is -2.17. The van der Waals surface area contributed by atoms with Gasteiger partial charge in [0.2, 0.25) is 11.9 Å². The number of hydrogen-bond donors (Lipinski definition) is 4. The van der Waals surface area contributed by atoms with Crippen LogP contribution in [0.2, 0.25) is 0 Å². The molecule has 0 spiro atoms. The van der Waals surface area contributed by atoms with Crippen LogP contribution in [0.25, 0.3) is 11.1 Å². The van der Waals surface area contributed by atoms with Gasteiger partial charge >= 0.3 is 20.3 Å². The maximum Gasteiger partial charge on any atom is 0.488 e. The zero-order valence-electron chi connectivity index (χ0n) is 25.1. The van der Waals surface area contributed by atoms with Gasteiger partial charge in [0.25, 0.3) is 0 Å². The van der Waals surface area contributed by atoms with E-state index in [4.69, 9.17) is 21.5 Å². The van der Waals surface area contributed by atoms with Gasteiger partial charge in [0, 0.05) is 39.9 Å². The number of hydrogen-bond acceptors (Lipinski definition) is 8. The Morgan fingerprint density at radius 2 is 1.19 bits per heavy atom. The predicted octanol–water partition coefficient (Wildman–Crippen LogP) is 7.49. The van der Waals surface area contributed by atoms with Crippen molar-refractivity contribution in [3.05, 3.63) is 88.4 Å². The van der Waals surface area contributed by atoms with Crippen molar-refractivity contribution in [1.82, 2.24) is 9.97 Å². The molecule has 0 amide bonds. The molecule has 256 valence electrons. The van der Waals surface area contributed by atoms with E-state index in [1.165, 1.54) is 48.8 Å². The Hall–Kier alpha value is -4.02. The lowest BCUT2D eigenvalue weighted by molar-refractivity contribution is -0.0505. The average Bonchev–Trinajstić information content (AvgIpc) is 2.95. The molecule has 2 heterocycles. The molecule has 0 fully saturated rings. The number of aromatic nitrogens is 2. The Bertz CT molecular complexity index is 1590. The topological polar surface area (TPSA) is 137 Å². The summed E-state index contributed by atoms with van der Waals surface area (Å²) in [6.07, 6.45) is 2.46. The Balaban J connectivity index is 0.000000373. The summed E-state index contributed by atoms with van der Waals surface area (Å²) in [5.41, 5.74) is 15.3. The molecule has 16 heteroatoms. The van der Waals surface area contributed by atoms with E-state index in [1.54, 1.807) is 6.07 Å². The van der Waals surface area contributed by atoms with Gasteiger partial charge in [0.1, 0.15) is 11.5 Å². The number of rotatable bonds is 8. The van der Waals surface area contributed by atoms with Crippen molar-refractivity contribution in [2.45, 2.75) is 60.2 Å². The van der Waals surface area contributed by atoms with Crippen LogP contribution in [0.3, 0.4) is 0 Å². The monoisotopic (exact) mass is 732 g/mol. The van der Waals surface area contributed by atoms with Gasteiger partial charge in [0.15, 0.2) is 0 Å². The van der Waals surface area contributed by atoms with E-state index in [1.807, 2.05) is 27.7 Å². The Morgan fingerprint density at radius 1 is 0.723 bits per heavy atom. The second kappa shape index (κ2) is 19.0. The van der Waals surface area contributed by atoms with Crippen LogP contribution in [-0.2, 0) is 0 Å². The first-order valence-corrected chi connectivity index (χ1v) is 14.3. The summed E-state index contributed by atoms with van der Waals surface area (Å²) in [5.74, 6) is -1.10. The number of nitrogens with two attached hydrogens (primary N) is 2. The molecule has 6 N–H and O–H groups in total. The van der Waals surface area contributed by atoms with E-state index in [0.29, 0.717) is 32.5 Å². The molecule has 0 radical (unpaired) electrons. The van der Waals surface area contributed by atoms with E-state index in [-0.39, 0.29) is 36.2 Å². The zero-order chi connectivity index (χ0) is 34.7. The molecule has 0 aliphatic heterocycles. The molecule has 2 aromatic carbocycles. The zero-order valence-corrected chi connectivity index (χ0v) is 26.7. The molecule has 47 heavy (non-hydrogen) atoms. The van der Waals surface area contributed by atoms with Crippen molar-refractivity contribution in [3.63, 3.8) is 0 Å². The summed E-state index contributed by atoms with van der Waals surface area (Å²) in [7, 11) is -1.63. The largest absolute Gasteiger partial charge is 0.488 e. The molecule has 0 aliphatic rings. The van der Waals surface area contributed by atoms with Gasteiger partial charge in [0.05, 0.1) is 0 Å². The van der Waals surface area contributed by atoms with E-state index >= 15 is 0 Å². The molecular weight excluding hydrogens is 697 g/mol. The first-order valence-electron chi connectivity index (χ1n) is 13.5. The van der Waals surface area contributed by atoms with Gasteiger partial charge in [-0.3, -0.25) is 0 Å². The first-order chi connectivity index (χ1) is 21.5. The van der Waals surface area contributed by atoms with Crippen LogP contribution in [-0.4, -0.2) is 40.4 Å². The van der Waals surface area contributed by atoms with Crippen molar-refractivity contribution in [1.29, 1.82) is 0 Å². The summed E-state index contributed by atoms with van der Waals surface area (Å²) in [4.78, 5) is 6.70. The fraction of sp³-hybridized carbons (Fsp3) is 0.290. The van der Waals surface area contributed by atoms with Gasteiger partial charge in [-0.25, -0.2) is 9.97 Å². The maximum atomic E-state index is 13.3. The van der Waals surface area contributed by atoms with Gasteiger partial charge in [-0.2, -0.15) is 26.3 Å². The van der Waals surface area contributed by atoms with Crippen LogP contribution >= 0.6 is 15.9 Å². The number of nitrogens with zero attached hydrogens (tertiary/aromatic N) is 2. The summed E-state index contributed by atoms with van der Waals surface area (Å²) in [5, 5.41) is 17.0. The molecule has 0 saturated heterocycles. The summed E-state index contributed by atoms with van der Waals surface area (Å²) in [6.45, 7) is 1.88. The van der Waals surface area contributed by atoms with Gasteiger partial charge in [-0.15, -0.1) is 0 Å². The minimum absolute atomic E-state index is 0. The number of benzene rings is 2. The smallest absolute Gasteiger partial charge is 0.435 e. The highest BCUT2D eigenvalue weighted by Crippen LogP contribution is 2.37. The standard InChI is InChI=1S/C15H15F3N2O.C10H12BrF2NO.C5H5BFNO2.CH4/c1-8(2)11-6-10(21-15(17)18)7-12(14(11)19)9-3-4-20-13(16)5-9;1-5(2)7-3-6(15-10(12)13)4-8(11)9(7)14;7-5-3-4(6(9)10)1-2-8-5;/h3-8,15H,19H2,1-2H3;3-5,10H,14H2,1-2H3;1-3,9-10H;1H4. The van der Waals surface area contributed by atoms with Crippen molar-refractivity contribution in [2.75, 3.05) is 11.5 Å². The predicted molar refractivity (Wildman–Crippen MR) is 175 cm³/mol. The molecule has 4 rings (SSSR count). The quantitative estimate of drug-likeness (QED) is 0.0634. The van der Waals surface area contributed by atoms with Crippen molar-refractivity contribution in [2.24, 2.45) is 0 Å². The average molecular weight is 733 g/mol.